The summed E-state index contributed by atoms with van der Waals surface area (Å²) in [5.41, 5.74) is 3.58. The number of rotatable bonds is 12. The van der Waals surface area contributed by atoms with Gasteiger partial charge in [-0.2, -0.15) is 10.2 Å². The maximum atomic E-state index is 12.8. The number of hydrogen-bond acceptors (Lipinski definition) is 12. The van der Waals surface area contributed by atoms with E-state index in [9.17, 15) is 9.59 Å². The maximum Gasteiger partial charge on any atom is 0.358 e. The number of hydrogen-bond donors (Lipinski definition) is 2. The molecule has 0 saturated carbocycles. The van der Waals surface area contributed by atoms with Crippen molar-refractivity contribution in [3.05, 3.63) is 124 Å². The lowest BCUT2D eigenvalue weighted by molar-refractivity contribution is -0.190. The molecule has 0 aliphatic carbocycles. The molecule has 1 unspecified atom stereocenters. The zero-order valence-corrected chi connectivity index (χ0v) is 32.7. The molecule has 17 nitrogen and oxygen atoms in total. The highest BCUT2D eigenvalue weighted by atomic mass is 35.5. The van der Waals surface area contributed by atoms with E-state index >= 15 is 0 Å². The summed E-state index contributed by atoms with van der Waals surface area (Å²) in [5, 5.41) is 26.3. The third-order valence-corrected chi connectivity index (χ3v) is 10.3. The number of aromatic amines is 1. The van der Waals surface area contributed by atoms with Crippen LogP contribution in [0.3, 0.4) is 0 Å². The number of halogens is 2. The Morgan fingerprint density at radius 3 is 2.25 bits per heavy atom. The Hall–Kier alpha value is -5.75. The number of carboxylic acids is 1. The molecule has 2 aliphatic heterocycles. The van der Waals surface area contributed by atoms with Gasteiger partial charge in [0, 0.05) is 48.1 Å². The second kappa shape index (κ2) is 17.6. The minimum absolute atomic E-state index is 0.0645. The minimum atomic E-state index is -1.16. The third-order valence-electron chi connectivity index (χ3n) is 9.79. The van der Waals surface area contributed by atoms with Crippen LogP contribution in [-0.4, -0.2) is 101 Å². The first-order valence-electron chi connectivity index (χ1n) is 18.3. The number of nitrogens with one attached hydrogen (secondary N) is 1. The molecule has 2 aliphatic rings. The summed E-state index contributed by atoms with van der Waals surface area (Å²) >= 11 is 12.7. The first kappa shape index (κ1) is 39.5. The van der Waals surface area contributed by atoms with Gasteiger partial charge in [0.15, 0.2) is 5.69 Å². The molecule has 3 atom stereocenters. The Morgan fingerprint density at radius 2 is 1.67 bits per heavy atom. The van der Waals surface area contributed by atoms with Gasteiger partial charge in [0.05, 0.1) is 29.6 Å². The summed E-state index contributed by atoms with van der Waals surface area (Å²) in [6, 6.07) is 21.6. The fraction of sp³-hybridized carbons (Fsp3) is 0.342. The van der Waals surface area contributed by atoms with Crippen molar-refractivity contribution in [2.75, 3.05) is 49.2 Å². The number of aromatic carboxylic acids is 1. The normalized spacial score (nSPS) is 18.6. The Balaban J connectivity index is 0.000000554. The third kappa shape index (κ3) is 9.12. The van der Waals surface area contributed by atoms with Crippen molar-refractivity contribution in [3.8, 4) is 11.4 Å². The molecule has 0 spiro atoms. The van der Waals surface area contributed by atoms with Gasteiger partial charge in [0.2, 0.25) is 5.79 Å². The molecular formula is C38H41Cl2N11O6. The molecule has 8 rings (SSSR count). The van der Waals surface area contributed by atoms with Gasteiger partial charge in [-0.1, -0.05) is 41.4 Å². The fourth-order valence-corrected chi connectivity index (χ4v) is 7.10. The molecule has 6 aromatic rings. The average Bonchev–Trinajstić information content (AvgIpc) is 4.07. The van der Waals surface area contributed by atoms with Crippen LogP contribution in [0.4, 0.5) is 11.4 Å². The highest BCUT2D eigenvalue weighted by molar-refractivity contribution is 6.35. The van der Waals surface area contributed by atoms with Gasteiger partial charge in [0.1, 0.15) is 44.0 Å². The van der Waals surface area contributed by atoms with E-state index in [1.54, 1.807) is 34.0 Å². The van der Waals surface area contributed by atoms with E-state index in [4.69, 9.17) is 42.5 Å². The number of carbonyl (C=O) groups is 1. The fourth-order valence-electron chi connectivity index (χ4n) is 6.55. The van der Waals surface area contributed by atoms with Crippen LogP contribution in [0.15, 0.2) is 96.7 Å². The number of benzene rings is 3. The lowest BCUT2D eigenvalue weighted by atomic mass is 10.1. The Kier molecular flexibility index (Phi) is 12.2. The summed E-state index contributed by atoms with van der Waals surface area (Å²) in [7, 11) is 0. The van der Waals surface area contributed by atoms with Crippen molar-refractivity contribution < 1.29 is 24.1 Å². The first-order chi connectivity index (χ1) is 27.6. The van der Waals surface area contributed by atoms with E-state index < -0.39 is 11.8 Å². The topological polar surface area (TPSA) is 184 Å². The first-order valence-corrected chi connectivity index (χ1v) is 19.1. The van der Waals surface area contributed by atoms with Crippen LogP contribution < -0.4 is 20.2 Å². The number of anilines is 2. The Labute approximate surface area is 337 Å². The van der Waals surface area contributed by atoms with Crippen LogP contribution in [0.5, 0.6) is 5.75 Å². The predicted octanol–water partition coefficient (Wildman–Crippen LogP) is 5.08. The summed E-state index contributed by atoms with van der Waals surface area (Å²) < 4.78 is 23.7. The summed E-state index contributed by atoms with van der Waals surface area (Å²) in [5.74, 6) is -1.48. The quantitative estimate of drug-likeness (QED) is 0.167. The maximum absolute atomic E-state index is 12.8. The number of carboxylic acid groups (broad SMARTS) is 1. The van der Waals surface area contributed by atoms with E-state index in [2.05, 4.69) is 64.7 Å². The van der Waals surface area contributed by atoms with E-state index in [0.29, 0.717) is 28.8 Å². The van der Waals surface area contributed by atoms with Gasteiger partial charge in [0.25, 0.3) is 0 Å². The molecule has 298 valence electrons. The van der Waals surface area contributed by atoms with Crippen LogP contribution in [0.1, 0.15) is 42.4 Å². The molecule has 0 amide bonds. The molecule has 0 radical (unpaired) electrons. The smallest absolute Gasteiger partial charge is 0.358 e. The highest BCUT2D eigenvalue weighted by Gasteiger charge is 2.45. The molecule has 5 heterocycles. The zero-order chi connectivity index (χ0) is 39.9. The SMILES string of the molecule is CCC(C)n1ncn(-c2ccc(N3CCN(c4ccc(OC[C@H]5CO[C@](Cn6cncn6)(c6ccc(Cl)cc6Cl)O5)cc4)CC3)cc2)c1=O.O=C(O)c1c[nH]nn1. The lowest BCUT2D eigenvalue weighted by Gasteiger charge is -2.37. The van der Waals surface area contributed by atoms with Crippen molar-refractivity contribution in [1.82, 2.24) is 44.5 Å². The Morgan fingerprint density at radius 1 is 0.982 bits per heavy atom. The van der Waals surface area contributed by atoms with E-state index in [1.807, 2.05) is 44.2 Å². The predicted molar refractivity (Wildman–Crippen MR) is 212 cm³/mol. The van der Waals surface area contributed by atoms with Crippen molar-refractivity contribution in [1.29, 1.82) is 0 Å². The van der Waals surface area contributed by atoms with Crippen molar-refractivity contribution in [2.45, 2.75) is 44.7 Å². The molecule has 2 saturated heterocycles. The molecule has 2 fully saturated rings. The molecule has 2 N–H and O–H groups in total. The second-order valence-corrected chi connectivity index (χ2v) is 14.3. The van der Waals surface area contributed by atoms with Gasteiger partial charge < -0.3 is 29.1 Å². The van der Waals surface area contributed by atoms with Crippen molar-refractivity contribution in [2.24, 2.45) is 0 Å². The number of nitrogens with zero attached hydrogens (tertiary/aromatic N) is 10. The molecule has 3 aromatic carbocycles. The molecular weight excluding hydrogens is 777 g/mol. The van der Waals surface area contributed by atoms with Crippen LogP contribution in [0, 0.1) is 0 Å². The number of ether oxygens (including phenoxy) is 3. The number of piperazine rings is 1. The second-order valence-electron chi connectivity index (χ2n) is 13.5. The summed E-state index contributed by atoms with van der Waals surface area (Å²) in [6.07, 6.45) is 6.40. The van der Waals surface area contributed by atoms with Crippen molar-refractivity contribution >= 4 is 40.5 Å². The number of aromatic nitrogens is 9. The zero-order valence-electron chi connectivity index (χ0n) is 31.2. The van der Waals surface area contributed by atoms with Gasteiger partial charge in [-0.05, 0) is 74.0 Å². The standard InChI is InChI=1S/C35H38Cl2N8O4.C3H3N3O2/c1-3-25(2)45-34(46)44(24-40-45)29-7-5-27(6-8-29)41-14-16-42(17-15-41)28-9-11-30(12-10-28)47-19-31-20-48-35(49-31,21-43-23-38-22-39-43)32-13-4-26(36)18-33(32)37;7-3(8)2-1-4-6-5-2/h4-13,18,22-25,31H,3,14-17,19-21H2,1-2H3;1H,(H,7,8)(H,4,5,6)/t25?,31-,35-;/m0./s1. The van der Waals surface area contributed by atoms with Gasteiger partial charge in [-0.25, -0.2) is 28.5 Å². The average molecular weight is 819 g/mol. The largest absolute Gasteiger partial charge is 0.491 e. The van der Waals surface area contributed by atoms with Gasteiger partial charge >= 0.3 is 11.7 Å². The molecule has 0 bridgehead atoms. The molecule has 57 heavy (non-hydrogen) atoms. The van der Waals surface area contributed by atoms with E-state index in [-0.39, 0.29) is 30.1 Å². The van der Waals surface area contributed by atoms with Crippen LogP contribution in [0.25, 0.3) is 5.69 Å². The van der Waals surface area contributed by atoms with Crippen LogP contribution in [-0.2, 0) is 21.8 Å². The van der Waals surface area contributed by atoms with Crippen LogP contribution in [0.2, 0.25) is 10.0 Å². The molecule has 19 heteroatoms. The van der Waals surface area contributed by atoms with Crippen LogP contribution >= 0.6 is 23.2 Å². The lowest BCUT2D eigenvalue weighted by Crippen LogP contribution is -2.46. The monoisotopic (exact) mass is 817 g/mol. The van der Waals surface area contributed by atoms with E-state index in [0.717, 1.165) is 55.4 Å². The molecule has 3 aromatic heterocycles. The highest BCUT2D eigenvalue weighted by Crippen LogP contribution is 2.40. The van der Waals surface area contributed by atoms with Gasteiger partial charge in [-0.15, -0.1) is 5.10 Å². The van der Waals surface area contributed by atoms with Crippen molar-refractivity contribution in [3.63, 3.8) is 0 Å². The number of H-pyrrole nitrogens is 1. The minimum Gasteiger partial charge on any atom is -0.491 e. The summed E-state index contributed by atoms with van der Waals surface area (Å²) in [4.78, 5) is 31.5. The Bertz CT molecular complexity index is 2280. The van der Waals surface area contributed by atoms with Gasteiger partial charge in [-0.3, -0.25) is 5.10 Å². The van der Waals surface area contributed by atoms with E-state index in [1.165, 1.54) is 17.2 Å². The summed E-state index contributed by atoms with van der Waals surface area (Å²) in [6.45, 7) is 8.48.